The maximum Gasteiger partial charge on any atom is 0.573 e. The van der Waals surface area contributed by atoms with Crippen LogP contribution in [0.15, 0.2) is 29.2 Å². The summed E-state index contributed by atoms with van der Waals surface area (Å²) in [4.78, 5) is 22.0. The Bertz CT molecular complexity index is 785. The number of hydrogen-bond acceptors (Lipinski definition) is 6. The number of ether oxygens (including phenoxy) is 1. The minimum Gasteiger partial charge on any atom is -0.406 e. The molecule has 1 aromatic carbocycles. The molecule has 135 valence electrons. The van der Waals surface area contributed by atoms with Crippen molar-refractivity contribution < 1.29 is 35.9 Å². The average molecular weight is 378 g/mol. The lowest BCUT2D eigenvalue weighted by atomic mass is 10.3. The van der Waals surface area contributed by atoms with Crippen molar-refractivity contribution in [2.75, 3.05) is 5.75 Å². The summed E-state index contributed by atoms with van der Waals surface area (Å²) in [5, 5.41) is 8.53. The first kappa shape index (κ1) is 20.2. The van der Waals surface area contributed by atoms with Crippen molar-refractivity contribution in [3.05, 3.63) is 30.7 Å². The van der Waals surface area contributed by atoms with E-state index in [1.165, 1.54) is 6.19 Å². The van der Waals surface area contributed by atoms with Crippen LogP contribution >= 0.6 is 0 Å². The number of hydrogen-bond donors (Lipinski definition) is 1. The molecule has 25 heavy (non-hydrogen) atoms. The molecule has 0 bridgehead atoms. The zero-order valence-electron chi connectivity index (χ0n) is 12.4. The number of benzene rings is 1. The maximum atomic E-state index is 12.0. The number of primary amides is 1. The summed E-state index contributed by atoms with van der Waals surface area (Å²) in [6.45, 7) is 0. The Morgan fingerprint density at radius 3 is 2.28 bits per heavy atom. The van der Waals surface area contributed by atoms with Crippen molar-refractivity contribution in [3.63, 3.8) is 0 Å². The molecular formula is C13H11F3N3O5S. The van der Waals surface area contributed by atoms with Gasteiger partial charge in [-0.05, 0) is 30.7 Å². The lowest BCUT2D eigenvalue weighted by molar-refractivity contribution is -0.274. The predicted molar refractivity (Wildman–Crippen MR) is 76.1 cm³/mol. The first-order valence-electron chi connectivity index (χ1n) is 6.41. The fourth-order valence-electron chi connectivity index (χ4n) is 1.60. The van der Waals surface area contributed by atoms with Gasteiger partial charge in [-0.1, -0.05) is 0 Å². The number of rotatable bonds is 6. The Labute approximate surface area is 140 Å². The maximum absolute atomic E-state index is 12.0. The van der Waals surface area contributed by atoms with E-state index < -0.39 is 39.6 Å². The van der Waals surface area contributed by atoms with E-state index in [0.717, 1.165) is 30.7 Å². The van der Waals surface area contributed by atoms with Gasteiger partial charge in [0.2, 0.25) is 5.91 Å². The Kier molecular flexibility index (Phi) is 6.35. The number of nitrogens with zero attached hydrogens (tertiary/aromatic N) is 2. The molecule has 12 heteroatoms. The van der Waals surface area contributed by atoms with E-state index in [2.05, 4.69) is 4.74 Å². The number of nitriles is 1. The second kappa shape index (κ2) is 7.84. The van der Waals surface area contributed by atoms with Crippen LogP contribution in [0.4, 0.5) is 18.0 Å². The van der Waals surface area contributed by atoms with E-state index in [0.29, 0.717) is 0 Å². The van der Waals surface area contributed by atoms with Gasteiger partial charge in [-0.15, -0.1) is 13.2 Å². The Morgan fingerprint density at radius 1 is 1.28 bits per heavy atom. The zero-order chi connectivity index (χ0) is 19.3. The van der Waals surface area contributed by atoms with Crippen molar-refractivity contribution in [2.24, 2.45) is 5.73 Å². The van der Waals surface area contributed by atoms with Gasteiger partial charge in [-0.25, -0.2) is 13.2 Å². The molecule has 8 nitrogen and oxygen atoms in total. The highest BCUT2D eigenvalue weighted by Gasteiger charge is 2.31. The topological polar surface area (TPSA) is 131 Å². The zero-order valence-corrected chi connectivity index (χ0v) is 13.2. The first-order chi connectivity index (χ1) is 11.5. The molecule has 1 aromatic rings. The molecule has 0 aliphatic carbocycles. The third kappa shape index (κ3) is 6.30. The largest absolute Gasteiger partial charge is 0.573 e. The van der Waals surface area contributed by atoms with Crippen LogP contribution in [-0.2, 0) is 14.6 Å². The normalized spacial score (nSPS) is 11.4. The van der Waals surface area contributed by atoms with Crippen molar-refractivity contribution in [3.8, 4) is 11.9 Å². The molecule has 0 heterocycles. The standard InChI is InChI=1S/C13H11F3N3O5S/c14-13(15,16)24-9-3-5-10(6-4-9)25(22,23)7-1-2-11(20)19(8-17)12(18)21/h2-6H,1,7H2,(H2,18,21). The Balaban J connectivity index is 2.69. The molecule has 3 amide bonds. The van der Waals surface area contributed by atoms with Crippen LogP contribution in [0.1, 0.15) is 6.42 Å². The molecule has 0 aliphatic heterocycles. The van der Waals surface area contributed by atoms with Gasteiger partial charge >= 0.3 is 12.4 Å². The molecule has 0 aliphatic rings. The van der Waals surface area contributed by atoms with Crippen molar-refractivity contribution in [1.82, 2.24) is 4.90 Å². The van der Waals surface area contributed by atoms with Crippen LogP contribution in [0.3, 0.4) is 0 Å². The first-order valence-corrected chi connectivity index (χ1v) is 8.06. The monoisotopic (exact) mass is 378 g/mol. The fourth-order valence-corrected chi connectivity index (χ4v) is 2.82. The van der Waals surface area contributed by atoms with E-state index in [4.69, 9.17) is 11.0 Å². The molecule has 0 spiro atoms. The highest BCUT2D eigenvalue weighted by Crippen LogP contribution is 2.24. The van der Waals surface area contributed by atoms with E-state index in [-0.39, 0.29) is 16.2 Å². The molecule has 2 N–H and O–H groups in total. The Hall–Kier alpha value is -2.81. The summed E-state index contributed by atoms with van der Waals surface area (Å²) < 4.78 is 63.8. The second-order valence-corrected chi connectivity index (χ2v) is 6.55. The van der Waals surface area contributed by atoms with Crippen molar-refractivity contribution in [2.45, 2.75) is 17.7 Å². The summed E-state index contributed by atoms with van der Waals surface area (Å²) in [6, 6.07) is 2.19. The summed E-state index contributed by atoms with van der Waals surface area (Å²) in [5.41, 5.74) is 4.77. The molecular weight excluding hydrogens is 367 g/mol. The summed E-state index contributed by atoms with van der Waals surface area (Å²) in [5.74, 6) is -2.24. The molecule has 0 aromatic heterocycles. The number of nitrogens with two attached hydrogens (primary N) is 1. The molecule has 1 rings (SSSR count). The van der Waals surface area contributed by atoms with E-state index >= 15 is 0 Å². The average Bonchev–Trinajstić information content (AvgIpc) is 2.46. The minimum absolute atomic E-state index is 0.0376. The number of alkyl halides is 3. The highest BCUT2D eigenvalue weighted by molar-refractivity contribution is 7.91. The number of imide groups is 1. The molecule has 1 radical (unpaired) electrons. The van der Waals surface area contributed by atoms with Gasteiger partial charge < -0.3 is 10.5 Å². The number of amides is 3. The minimum atomic E-state index is -4.90. The molecule has 0 saturated carbocycles. The van der Waals surface area contributed by atoms with Crippen LogP contribution in [-0.4, -0.2) is 37.4 Å². The van der Waals surface area contributed by atoms with Crippen molar-refractivity contribution >= 4 is 21.8 Å². The van der Waals surface area contributed by atoms with Gasteiger partial charge in [-0.2, -0.15) is 10.2 Å². The lowest BCUT2D eigenvalue weighted by Gasteiger charge is -2.10. The number of urea groups is 1. The van der Waals surface area contributed by atoms with Gasteiger partial charge in [-0.3, -0.25) is 4.79 Å². The lowest BCUT2D eigenvalue weighted by Crippen LogP contribution is -2.37. The van der Waals surface area contributed by atoms with Gasteiger partial charge in [0.15, 0.2) is 16.0 Å². The van der Waals surface area contributed by atoms with E-state index in [1.54, 1.807) is 0 Å². The summed E-state index contributed by atoms with van der Waals surface area (Å²) in [7, 11) is -3.91. The van der Waals surface area contributed by atoms with Crippen LogP contribution in [0.25, 0.3) is 0 Å². The fraction of sp³-hybridized carbons (Fsp3) is 0.231. The molecule has 0 saturated heterocycles. The quantitative estimate of drug-likeness (QED) is 0.587. The number of halogens is 3. The van der Waals surface area contributed by atoms with Crippen LogP contribution < -0.4 is 10.5 Å². The molecule has 0 fully saturated rings. The number of carbonyl (C=O) groups excluding carboxylic acids is 2. The van der Waals surface area contributed by atoms with E-state index in [9.17, 15) is 31.2 Å². The smallest absolute Gasteiger partial charge is 0.406 e. The summed E-state index contributed by atoms with van der Waals surface area (Å²) >= 11 is 0. The third-order valence-electron chi connectivity index (χ3n) is 2.66. The number of carbonyl (C=O) groups is 2. The van der Waals surface area contributed by atoms with Crippen LogP contribution in [0.5, 0.6) is 5.75 Å². The molecule has 0 unspecified atom stereocenters. The Morgan fingerprint density at radius 2 is 1.84 bits per heavy atom. The SMILES string of the molecule is N#CN(C(N)=O)C(=O)[CH]CCS(=O)(=O)c1ccc(OC(F)(F)F)cc1. The highest BCUT2D eigenvalue weighted by atomic mass is 32.2. The van der Waals surface area contributed by atoms with Crippen LogP contribution in [0.2, 0.25) is 0 Å². The van der Waals surface area contributed by atoms with Crippen molar-refractivity contribution in [1.29, 1.82) is 5.26 Å². The third-order valence-corrected chi connectivity index (χ3v) is 4.43. The van der Waals surface area contributed by atoms with E-state index in [1.807, 2.05) is 0 Å². The second-order valence-electron chi connectivity index (χ2n) is 4.44. The van der Waals surface area contributed by atoms with Gasteiger partial charge in [0.25, 0.3) is 0 Å². The molecule has 0 atom stereocenters. The summed E-state index contributed by atoms with van der Waals surface area (Å²) in [6.07, 6.45) is -3.23. The van der Waals surface area contributed by atoms with Crippen LogP contribution in [0, 0.1) is 17.9 Å². The van der Waals surface area contributed by atoms with Gasteiger partial charge in [0, 0.05) is 0 Å². The van der Waals surface area contributed by atoms with Gasteiger partial charge in [0.1, 0.15) is 5.75 Å². The number of sulfone groups is 1. The predicted octanol–water partition coefficient (Wildman–Crippen LogP) is 1.34. The van der Waals surface area contributed by atoms with Gasteiger partial charge in [0.05, 0.1) is 17.1 Å².